The second kappa shape index (κ2) is 3.84. The van der Waals surface area contributed by atoms with Gasteiger partial charge in [0, 0.05) is 0 Å². The molecule has 8 heavy (non-hydrogen) atoms. The zero-order chi connectivity index (χ0) is 6.57. The lowest BCUT2D eigenvalue weighted by Crippen LogP contribution is -1.58. The summed E-state index contributed by atoms with van der Waals surface area (Å²) >= 11 is 2.65. The second-order valence-corrected chi connectivity index (χ2v) is 2.46. The van der Waals surface area contributed by atoms with E-state index in [1.807, 2.05) is 13.8 Å². The zero-order valence-corrected chi connectivity index (χ0v) is 6.50. The van der Waals surface area contributed by atoms with Crippen LogP contribution in [0.3, 0.4) is 0 Å². The molecule has 0 aliphatic carbocycles. The molecule has 0 radical (unpaired) electrons. The van der Waals surface area contributed by atoms with Gasteiger partial charge in [-0.05, 0) is 35.9 Å². The molecule has 0 aromatic carbocycles. The SMILES string of the molecule is CC(C)=CC=C(F)Br. The van der Waals surface area contributed by atoms with Gasteiger partial charge >= 0.3 is 0 Å². The first-order valence-corrected chi connectivity index (χ1v) is 3.08. The zero-order valence-electron chi connectivity index (χ0n) is 4.91. The standard InChI is InChI=1S/C6H8BrF/c1-5(2)3-4-6(7)8/h3-4H,1-2H3. The average Bonchev–Trinajstić information content (AvgIpc) is 1.61. The predicted molar refractivity (Wildman–Crippen MR) is 37.5 cm³/mol. The van der Waals surface area contributed by atoms with Crippen LogP contribution in [0.2, 0.25) is 0 Å². The summed E-state index contributed by atoms with van der Waals surface area (Å²) in [6.45, 7) is 3.82. The summed E-state index contributed by atoms with van der Waals surface area (Å²) in [5.41, 5.74) is 1.08. The lowest BCUT2D eigenvalue weighted by atomic mass is 10.3. The molecule has 0 amide bonds. The van der Waals surface area contributed by atoms with Crippen molar-refractivity contribution in [1.29, 1.82) is 0 Å². The van der Waals surface area contributed by atoms with Crippen LogP contribution in [0, 0.1) is 0 Å². The lowest BCUT2D eigenvalue weighted by Gasteiger charge is -1.80. The van der Waals surface area contributed by atoms with Gasteiger partial charge in [0.1, 0.15) is 0 Å². The molecule has 0 aliphatic rings. The first-order valence-electron chi connectivity index (χ1n) is 2.29. The molecule has 0 rings (SSSR count). The molecule has 2 heteroatoms. The molecule has 0 fully saturated rings. The molecule has 46 valence electrons. The third-order valence-electron chi connectivity index (χ3n) is 0.543. The van der Waals surface area contributed by atoms with Crippen molar-refractivity contribution in [3.63, 3.8) is 0 Å². The fourth-order valence-electron chi connectivity index (χ4n) is 0.230. The molecule has 0 aromatic heterocycles. The van der Waals surface area contributed by atoms with E-state index >= 15 is 0 Å². The van der Waals surface area contributed by atoms with Crippen LogP contribution in [-0.4, -0.2) is 0 Å². The van der Waals surface area contributed by atoms with Crippen LogP contribution < -0.4 is 0 Å². The maximum absolute atomic E-state index is 11.8. The van der Waals surface area contributed by atoms with Crippen molar-refractivity contribution in [2.75, 3.05) is 0 Å². The third-order valence-corrected chi connectivity index (χ3v) is 0.807. The highest BCUT2D eigenvalue weighted by Crippen LogP contribution is 2.05. The number of rotatable bonds is 1. The normalized spacial score (nSPS) is 11.2. The van der Waals surface area contributed by atoms with E-state index in [2.05, 4.69) is 15.9 Å². The summed E-state index contributed by atoms with van der Waals surface area (Å²) in [6, 6.07) is 0. The summed E-state index contributed by atoms with van der Waals surface area (Å²) in [7, 11) is 0. The van der Waals surface area contributed by atoms with Gasteiger partial charge in [0.05, 0.1) is 0 Å². The van der Waals surface area contributed by atoms with Crippen LogP contribution in [0.4, 0.5) is 4.39 Å². The number of allylic oxidation sites excluding steroid dienone is 3. The summed E-state index contributed by atoms with van der Waals surface area (Å²) < 4.78 is 11.5. The molecule has 0 bridgehead atoms. The van der Waals surface area contributed by atoms with Gasteiger partial charge in [-0.15, -0.1) is 0 Å². The van der Waals surface area contributed by atoms with Crippen LogP contribution in [0.25, 0.3) is 0 Å². The lowest BCUT2D eigenvalue weighted by molar-refractivity contribution is 0.705. The van der Waals surface area contributed by atoms with Crippen molar-refractivity contribution in [2.24, 2.45) is 0 Å². The summed E-state index contributed by atoms with van der Waals surface area (Å²) in [6.07, 6.45) is 3.07. The van der Waals surface area contributed by atoms with Gasteiger partial charge in [0.2, 0.25) is 0 Å². The quantitative estimate of drug-likeness (QED) is 0.542. The minimum atomic E-state index is -0.335. The van der Waals surface area contributed by atoms with E-state index in [4.69, 9.17) is 0 Å². The summed E-state index contributed by atoms with van der Waals surface area (Å²) in [5, 5.41) is 0. The Morgan fingerprint density at radius 1 is 1.38 bits per heavy atom. The van der Waals surface area contributed by atoms with E-state index in [1.165, 1.54) is 6.08 Å². The maximum atomic E-state index is 11.8. The molecule has 0 saturated carbocycles. The van der Waals surface area contributed by atoms with Crippen molar-refractivity contribution < 1.29 is 4.39 Å². The Hall–Kier alpha value is -0.110. The smallest absolute Gasteiger partial charge is 0.165 e. The van der Waals surface area contributed by atoms with E-state index in [1.54, 1.807) is 6.08 Å². The van der Waals surface area contributed by atoms with E-state index in [0.717, 1.165) is 5.57 Å². The van der Waals surface area contributed by atoms with Gasteiger partial charge in [0.25, 0.3) is 0 Å². The number of halogens is 2. The molecule has 0 N–H and O–H groups in total. The molecule has 0 aromatic rings. The van der Waals surface area contributed by atoms with Gasteiger partial charge < -0.3 is 0 Å². The first kappa shape index (κ1) is 7.89. The van der Waals surface area contributed by atoms with E-state index in [-0.39, 0.29) is 4.74 Å². The molecule has 0 spiro atoms. The highest BCUT2D eigenvalue weighted by molar-refractivity contribution is 9.11. The van der Waals surface area contributed by atoms with Crippen molar-refractivity contribution in [2.45, 2.75) is 13.8 Å². The molecule has 0 unspecified atom stereocenters. The highest BCUT2D eigenvalue weighted by Gasteiger charge is 1.78. The summed E-state index contributed by atoms with van der Waals surface area (Å²) in [4.78, 5) is 0. The van der Waals surface area contributed by atoms with Crippen LogP contribution in [0.5, 0.6) is 0 Å². The molecule has 0 nitrogen and oxygen atoms in total. The molecule has 0 saturated heterocycles. The minimum absolute atomic E-state index is 0.335. The molecule has 0 aliphatic heterocycles. The Bertz CT molecular complexity index is 100. The van der Waals surface area contributed by atoms with Crippen molar-refractivity contribution in [1.82, 2.24) is 0 Å². The summed E-state index contributed by atoms with van der Waals surface area (Å²) in [5.74, 6) is 0. The van der Waals surface area contributed by atoms with Gasteiger partial charge in [-0.3, -0.25) is 0 Å². The minimum Gasteiger partial charge on any atom is -0.199 e. The Morgan fingerprint density at radius 3 is 2.00 bits per heavy atom. The predicted octanol–water partition coefficient (Wildman–Crippen LogP) is 3.16. The van der Waals surface area contributed by atoms with E-state index in [9.17, 15) is 4.39 Å². The molecule has 0 heterocycles. The fourth-order valence-corrected chi connectivity index (χ4v) is 0.362. The van der Waals surface area contributed by atoms with Crippen molar-refractivity contribution in [3.8, 4) is 0 Å². The second-order valence-electron chi connectivity index (χ2n) is 1.70. The Labute approximate surface area is 57.2 Å². The maximum Gasteiger partial charge on any atom is 0.165 e. The topological polar surface area (TPSA) is 0 Å². The number of hydrogen-bond donors (Lipinski definition) is 0. The monoisotopic (exact) mass is 178 g/mol. The molecular formula is C6H8BrF. The highest BCUT2D eigenvalue weighted by atomic mass is 79.9. The van der Waals surface area contributed by atoms with Gasteiger partial charge in [-0.25, -0.2) is 0 Å². The van der Waals surface area contributed by atoms with Crippen LogP contribution in [0.1, 0.15) is 13.8 Å². The average molecular weight is 179 g/mol. The van der Waals surface area contributed by atoms with E-state index in [0.29, 0.717) is 0 Å². The molecule has 0 atom stereocenters. The van der Waals surface area contributed by atoms with Gasteiger partial charge in [-0.2, -0.15) is 4.39 Å². The number of hydrogen-bond acceptors (Lipinski definition) is 0. The fraction of sp³-hybridized carbons (Fsp3) is 0.333. The van der Waals surface area contributed by atoms with Crippen LogP contribution in [0.15, 0.2) is 22.5 Å². The van der Waals surface area contributed by atoms with E-state index < -0.39 is 0 Å². The Kier molecular flexibility index (Phi) is 3.79. The van der Waals surface area contributed by atoms with Crippen LogP contribution >= 0.6 is 15.9 Å². The van der Waals surface area contributed by atoms with Crippen molar-refractivity contribution >= 4 is 15.9 Å². The van der Waals surface area contributed by atoms with Gasteiger partial charge in [-0.1, -0.05) is 11.6 Å². The Morgan fingerprint density at radius 2 is 1.88 bits per heavy atom. The first-order chi connectivity index (χ1) is 3.63. The largest absolute Gasteiger partial charge is 0.199 e. The van der Waals surface area contributed by atoms with Crippen LogP contribution in [-0.2, 0) is 0 Å². The third kappa shape index (κ3) is 5.89. The van der Waals surface area contributed by atoms with Gasteiger partial charge in [0.15, 0.2) is 4.74 Å². The Balaban J connectivity index is 3.76. The van der Waals surface area contributed by atoms with Crippen molar-refractivity contribution in [3.05, 3.63) is 22.5 Å². The molecular weight excluding hydrogens is 171 g/mol.